The molecule has 114 valence electrons. The van der Waals surface area contributed by atoms with Crippen LogP contribution in [-0.2, 0) is 9.53 Å². The molecule has 0 bridgehead atoms. The summed E-state index contributed by atoms with van der Waals surface area (Å²) in [5, 5.41) is 2.86. The molecular weight excluding hydrogens is 288 g/mol. The fourth-order valence-electron chi connectivity index (χ4n) is 1.91. The number of amides is 2. The van der Waals surface area contributed by atoms with Crippen LogP contribution in [-0.4, -0.2) is 41.3 Å². The minimum Gasteiger partial charge on any atom is -0.444 e. The Morgan fingerprint density at radius 1 is 1.38 bits per heavy atom. The molecule has 1 N–H and O–H groups in total. The van der Waals surface area contributed by atoms with Gasteiger partial charge in [-0.25, -0.2) is 4.79 Å². The normalized spacial score (nSPS) is 18.3. The second-order valence-electron chi connectivity index (χ2n) is 5.90. The van der Waals surface area contributed by atoms with Gasteiger partial charge in [-0.05, 0) is 32.9 Å². The van der Waals surface area contributed by atoms with E-state index in [2.05, 4.69) is 5.32 Å². The number of nitrogens with zero attached hydrogens (tertiary/aromatic N) is 1. The number of hydrogen-bond donors (Lipinski definition) is 1. The highest BCUT2D eigenvalue weighted by Gasteiger charge is 2.32. The zero-order valence-electron chi connectivity index (χ0n) is 12.7. The van der Waals surface area contributed by atoms with Crippen molar-refractivity contribution in [2.24, 2.45) is 0 Å². The zero-order chi connectivity index (χ0) is 15.6. The second-order valence-corrected chi connectivity index (χ2v) is 6.97. The third kappa shape index (κ3) is 3.91. The predicted octanol–water partition coefficient (Wildman–Crippen LogP) is 2.97. The van der Waals surface area contributed by atoms with Crippen molar-refractivity contribution in [1.82, 2.24) is 4.90 Å². The Balaban J connectivity index is 2.11. The van der Waals surface area contributed by atoms with E-state index < -0.39 is 17.7 Å². The fraction of sp³-hybridized carbons (Fsp3) is 0.467. The number of thioether (sulfide) groups is 1. The van der Waals surface area contributed by atoms with Crippen LogP contribution in [0.15, 0.2) is 29.2 Å². The highest BCUT2D eigenvalue weighted by Crippen LogP contribution is 2.31. The van der Waals surface area contributed by atoms with Gasteiger partial charge in [0.15, 0.2) is 0 Å². The predicted molar refractivity (Wildman–Crippen MR) is 83.6 cm³/mol. The molecule has 1 heterocycles. The maximum atomic E-state index is 12.3. The van der Waals surface area contributed by atoms with E-state index in [1.54, 1.807) is 39.6 Å². The molecule has 0 unspecified atom stereocenters. The highest BCUT2D eigenvalue weighted by molar-refractivity contribution is 7.99. The number of fused-ring (bicyclic) bond motifs is 1. The van der Waals surface area contributed by atoms with Gasteiger partial charge >= 0.3 is 6.09 Å². The number of likely N-dealkylation sites (N-methyl/N-ethyl adjacent to an activating group) is 1. The first-order valence-electron chi connectivity index (χ1n) is 6.76. The van der Waals surface area contributed by atoms with Crippen LogP contribution in [0.25, 0.3) is 0 Å². The quantitative estimate of drug-likeness (QED) is 0.866. The lowest BCUT2D eigenvalue weighted by molar-refractivity contribution is -0.120. The van der Waals surface area contributed by atoms with E-state index in [9.17, 15) is 9.59 Å². The summed E-state index contributed by atoms with van der Waals surface area (Å²) < 4.78 is 5.32. The minimum absolute atomic E-state index is 0.194. The molecule has 2 rings (SSSR count). The van der Waals surface area contributed by atoms with Crippen LogP contribution in [0.3, 0.4) is 0 Å². The average Bonchev–Trinajstić information content (AvgIpc) is 2.54. The van der Waals surface area contributed by atoms with E-state index in [1.807, 2.05) is 24.3 Å². The SMILES string of the molecule is CN(C(=O)OC(C)(C)C)[C@H]1CSc2ccccc2NC1=O. The van der Waals surface area contributed by atoms with E-state index in [0.29, 0.717) is 5.75 Å². The van der Waals surface area contributed by atoms with E-state index >= 15 is 0 Å². The molecule has 21 heavy (non-hydrogen) atoms. The van der Waals surface area contributed by atoms with Crippen molar-refractivity contribution in [1.29, 1.82) is 0 Å². The molecule has 1 aliphatic heterocycles. The summed E-state index contributed by atoms with van der Waals surface area (Å²) in [4.78, 5) is 26.8. The molecule has 1 atom stereocenters. The topological polar surface area (TPSA) is 58.6 Å². The Bertz CT molecular complexity index is 554. The summed E-state index contributed by atoms with van der Waals surface area (Å²) in [7, 11) is 1.59. The lowest BCUT2D eigenvalue weighted by Gasteiger charge is -2.28. The molecule has 0 aromatic heterocycles. The molecule has 0 spiro atoms. The summed E-state index contributed by atoms with van der Waals surface area (Å²) in [6.07, 6.45) is -0.491. The summed E-state index contributed by atoms with van der Waals surface area (Å²) >= 11 is 1.55. The number of nitrogens with one attached hydrogen (secondary N) is 1. The standard InChI is InChI=1S/C15H20N2O3S/c1-15(2,3)20-14(19)17(4)11-9-21-12-8-6-5-7-10(12)16-13(11)18/h5-8,11H,9H2,1-4H3,(H,16,18)/t11-/m0/s1. The van der Waals surface area contributed by atoms with E-state index in [0.717, 1.165) is 10.6 Å². The van der Waals surface area contributed by atoms with Gasteiger partial charge in [0, 0.05) is 17.7 Å². The van der Waals surface area contributed by atoms with Gasteiger partial charge < -0.3 is 10.1 Å². The van der Waals surface area contributed by atoms with Gasteiger partial charge in [-0.2, -0.15) is 0 Å². The molecule has 0 fully saturated rings. The number of rotatable bonds is 1. The molecule has 6 heteroatoms. The third-order valence-corrected chi connectivity index (χ3v) is 4.14. The molecule has 1 aromatic carbocycles. The van der Waals surface area contributed by atoms with Gasteiger partial charge in [-0.15, -0.1) is 11.8 Å². The number of carbonyl (C=O) groups excluding carboxylic acids is 2. The lowest BCUT2D eigenvalue weighted by Crippen LogP contribution is -2.47. The van der Waals surface area contributed by atoms with Crippen LogP contribution in [0, 0.1) is 0 Å². The van der Waals surface area contributed by atoms with Crippen molar-refractivity contribution < 1.29 is 14.3 Å². The Kier molecular flexibility index (Phi) is 4.46. The monoisotopic (exact) mass is 308 g/mol. The van der Waals surface area contributed by atoms with Gasteiger partial charge in [-0.3, -0.25) is 9.69 Å². The number of ether oxygens (including phenoxy) is 1. The first kappa shape index (κ1) is 15.7. The molecule has 1 aromatic rings. The summed E-state index contributed by atoms with van der Waals surface area (Å²) in [6.45, 7) is 5.41. The van der Waals surface area contributed by atoms with Crippen molar-refractivity contribution in [3.05, 3.63) is 24.3 Å². The molecule has 1 aliphatic rings. The van der Waals surface area contributed by atoms with Crippen molar-refractivity contribution in [3.8, 4) is 0 Å². The maximum absolute atomic E-state index is 12.3. The van der Waals surface area contributed by atoms with E-state index in [-0.39, 0.29) is 5.91 Å². The van der Waals surface area contributed by atoms with Crippen molar-refractivity contribution in [2.45, 2.75) is 37.3 Å². The highest BCUT2D eigenvalue weighted by atomic mass is 32.2. The van der Waals surface area contributed by atoms with Crippen molar-refractivity contribution in [2.75, 3.05) is 18.1 Å². The summed E-state index contributed by atoms with van der Waals surface area (Å²) in [5.74, 6) is 0.305. The minimum atomic E-state index is -0.581. The second kappa shape index (κ2) is 5.97. The Morgan fingerprint density at radius 3 is 2.71 bits per heavy atom. The molecule has 5 nitrogen and oxygen atoms in total. The molecule has 2 amide bonds. The fourth-order valence-corrected chi connectivity index (χ4v) is 3.07. The Hall–Kier alpha value is -1.69. The first-order valence-corrected chi connectivity index (χ1v) is 7.75. The summed E-state index contributed by atoms with van der Waals surface area (Å²) in [5.41, 5.74) is 0.204. The molecule has 0 saturated carbocycles. The van der Waals surface area contributed by atoms with Crippen LogP contribution >= 0.6 is 11.8 Å². The van der Waals surface area contributed by atoms with Gasteiger partial charge in [0.1, 0.15) is 11.6 Å². The van der Waals surface area contributed by atoms with Gasteiger partial charge in [0.05, 0.1) is 5.69 Å². The zero-order valence-corrected chi connectivity index (χ0v) is 13.5. The third-order valence-electron chi connectivity index (χ3n) is 2.99. The van der Waals surface area contributed by atoms with Gasteiger partial charge in [-0.1, -0.05) is 12.1 Å². The average molecular weight is 308 g/mol. The maximum Gasteiger partial charge on any atom is 0.410 e. The number of carbonyl (C=O) groups is 2. The molecule has 0 aliphatic carbocycles. The number of benzene rings is 1. The van der Waals surface area contributed by atoms with Crippen LogP contribution < -0.4 is 5.32 Å². The largest absolute Gasteiger partial charge is 0.444 e. The number of para-hydroxylation sites is 1. The summed E-state index contributed by atoms with van der Waals surface area (Å²) in [6, 6.07) is 7.05. The first-order chi connectivity index (χ1) is 9.78. The van der Waals surface area contributed by atoms with E-state index in [4.69, 9.17) is 4.74 Å². The van der Waals surface area contributed by atoms with Crippen molar-refractivity contribution in [3.63, 3.8) is 0 Å². The molecule has 0 saturated heterocycles. The van der Waals surface area contributed by atoms with Gasteiger partial charge in [0.25, 0.3) is 0 Å². The number of anilines is 1. The number of hydrogen-bond acceptors (Lipinski definition) is 4. The van der Waals surface area contributed by atoms with Crippen molar-refractivity contribution >= 4 is 29.4 Å². The Morgan fingerprint density at radius 2 is 2.05 bits per heavy atom. The van der Waals surface area contributed by atoms with Crippen LogP contribution in [0.4, 0.5) is 10.5 Å². The van der Waals surface area contributed by atoms with Crippen LogP contribution in [0.2, 0.25) is 0 Å². The lowest BCUT2D eigenvalue weighted by atomic mass is 10.2. The van der Waals surface area contributed by atoms with Gasteiger partial charge in [0.2, 0.25) is 5.91 Å². The molecule has 0 radical (unpaired) electrons. The van der Waals surface area contributed by atoms with Crippen LogP contribution in [0.5, 0.6) is 0 Å². The van der Waals surface area contributed by atoms with E-state index in [1.165, 1.54) is 4.90 Å². The van der Waals surface area contributed by atoms with Crippen LogP contribution in [0.1, 0.15) is 20.8 Å². The Labute approximate surface area is 129 Å². The smallest absolute Gasteiger partial charge is 0.410 e. The molecular formula is C15H20N2O3S.